The molecule has 0 heterocycles. The number of carbonyl (C=O) groups is 2. The second kappa shape index (κ2) is 9.45. The van der Waals surface area contributed by atoms with Gasteiger partial charge in [-0.2, -0.15) is 0 Å². The molecule has 3 rings (SSSR count). The first kappa shape index (κ1) is 24.0. The van der Waals surface area contributed by atoms with Crippen LogP contribution in [0.3, 0.4) is 0 Å². The molecule has 0 atom stereocenters. The van der Waals surface area contributed by atoms with Gasteiger partial charge in [-0.15, -0.1) is 0 Å². The molecular formula is C25H32N2O4S. The minimum Gasteiger partial charge on any atom is -0.326 e. The molecule has 7 heteroatoms. The molecule has 0 aliphatic heterocycles. The van der Waals surface area contributed by atoms with Crippen molar-refractivity contribution in [2.75, 3.05) is 10.6 Å². The Kier molecular flexibility index (Phi) is 7.08. The summed E-state index contributed by atoms with van der Waals surface area (Å²) >= 11 is 0. The van der Waals surface area contributed by atoms with Crippen LogP contribution in [0.25, 0.3) is 0 Å². The van der Waals surface area contributed by atoms with Crippen LogP contribution >= 0.6 is 0 Å². The zero-order valence-corrected chi connectivity index (χ0v) is 20.0. The van der Waals surface area contributed by atoms with Gasteiger partial charge in [-0.1, -0.05) is 38.8 Å². The van der Waals surface area contributed by atoms with Crippen LogP contribution in [0.15, 0.2) is 47.4 Å². The molecule has 6 nitrogen and oxygen atoms in total. The summed E-state index contributed by atoms with van der Waals surface area (Å²) in [6.07, 6.45) is 2.42. The third-order valence-electron chi connectivity index (χ3n) is 5.99. The summed E-state index contributed by atoms with van der Waals surface area (Å²) in [5, 5.41) is 5.64. The van der Waals surface area contributed by atoms with E-state index in [0.29, 0.717) is 49.0 Å². The van der Waals surface area contributed by atoms with Crippen molar-refractivity contribution in [3.8, 4) is 0 Å². The van der Waals surface area contributed by atoms with Gasteiger partial charge in [0.15, 0.2) is 14.6 Å². The molecule has 0 radical (unpaired) electrons. The fraction of sp³-hybridized carbons (Fsp3) is 0.440. The zero-order valence-electron chi connectivity index (χ0n) is 19.2. The highest BCUT2D eigenvalue weighted by Gasteiger charge is 2.53. The molecule has 2 aromatic rings. The molecule has 2 amide bonds. The predicted octanol–water partition coefficient (Wildman–Crippen LogP) is 5.01. The van der Waals surface area contributed by atoms with Crippen LogP contribution in [-0.4, -0.2) is 25.0 Å². The lowest BCUT2D eigenvalue weighted by molar-refractivity contribution is -0.118. The van der Waals surface area contributed by atoms with E-state index in [2.05, 4.69) is 10.6 Å². The van der Waals surface area contributed by atoms with Gasteiger partial charge in [0.05, 0.1) is 4.90 Å². The molecule has 2 aromatic carbocycles. The Balaban J connectivity index is 1.83. The summed E-state index contributed by atoms with van der Waals surface area (Å²) in [7, 11) is -3.88. The quantitative estimate of drug-likeness (QED) is 0.612. The van der Waals surface area contributed by atoms with Crippen LogP contribution in [0.2, 0.25) is 0 Å². The predicted molar refractivity (Wildman–Crippen MR) is 127 cm³/mol. The Hall–Kier alpha value is -2.67. The van der Waals surface area contributed by atoms with E-state index in [1.54, 1.807) is 43.3 Å². The highest BCUT2D eigenvalue weighted by atomic mass is 32.2. The molecule has 0 unspecified atom stereocenters. The maximum absolute atomic E-state index is 13.7. The van der Waals surface area contributed by atoms with Crippen molar-refractivity contribution in [2.24, 2.45) is 5.92 Å². The minimum absolute atomic E-state index is 0.0682. The summed E-state index contributed by atoms with van der Waals surface area (Å²) in [5.74, 6) is -0.302. The van der Waals surface area contributed by atoms with Crippen molar-refractivity contribution >= 4 is 33.0 Å². The molecule has 1 aliphatic carbocycles. The third-order valence-corrected chi connectivity index (χ3v) is 8.63. The zero-order chi connectivity index (χ0) is 23.5. The standard InChI is InChI=1S/C25H32N2O4S/c1-17(2)15-23(28)26-20-9-11-21(12-10-20)27-24(29)25(13-5-6-14-25)32(30,31)22-16-18(3)7-8-19(22)4/h7-12,16-17H,5-6,13-15H2,1-4H3,(H,26,28)(H,27,29). The van der Waals surface area contributed by atoms with Crippen molar-refractivity contribution in [3.63, 3.8) is 0 Å². The highest BCUT2D eigenvalue weighted by Crippen LogP contribution is 2.42. The second-order valence-corrected chi connectivity index (χ2v) is 11.4. The number of benzene rings is 2. The van der Waals surface area contributed by atoms with Crippen molar-refractivity contribution < 1.29 is 18.0 Å². The Labute approximate surface area is 190 Å². The van der Waals surface area contributed by atoms with Gasteiger partial charge in [0, 0.05) is 17.8 Å². The summed E-state index contributed by atoms with van der Waals surface area (Å²) in [4.78, 5) is 25.6. The summed E-state index contributed by atoms with van der Waals surface area (Å²) < 4.78 is 26.0. The lowest BCUT2D eigenvalue weighted by Gasteiger charge is -2.28. The normalized spacial score (nSPS) is 15.5. The lowest BCUT2D eigenvalue weighted by atomic mass is 10.1. The largest absolute Gasteiger partial charge is 0.326 e. The van der Waals surface area contributed by atoms with E-state index in [1.807, 2.05) is 26.8 Å². The van der Waals surface area contributed by atoms with Gasteiger partial charge in [0.2, 0.25) is 11.8 Å². The number of carbonyl (C=O) groups excluding carboxylic acids is 2. The van der Waals surface area contributed by atoms with Crippen molar-refractivity contribution in [1.29, 1.82) is 0 Å². The fourth-order valence-electron chi connectivity index (χ4n) is 4.24. The van der Waals surface area contributed by atoms with E-state index in [0.717, 1.165) is 5.56 Å². The molecule has 172 valence electrons. The van der Waals surface area contributed by atoms with Crippen LogP contribution in [0.1, 0.15) is 57.1 Å². The van der Waals surface area contributed by atoms with Gasteiger partial charge in [-0.3, -0.25) is 9.59 Å². The van der Waals surface area contributed by atoms with Crippen molar-refractivity contribution in [2.45, 2.75) is 69.4 Å². The van der Waals surface area contributed by atoms with Crippen LogP contribution in [0.5, 0.6) is 0 Å². The van der Waals surface area contributed by atoms with Gasteiger partial charge in [-0.25, -0.2) is 8.42 Å². The molecule has 2 N–H and O–H groups in total. The number of rotatable bonds is 7. The van der Waals surface area contributed by atoms with Gasteiger partial charge in [0.1, 0.15) is 0 Å². The number of sulfone groups is 1. The van der Waals surface area contributed by atoms with Crippen LogP contribution < -0.4 is 10.6 Å². The topological polar surface area (TPSA) is 92.3 Å². The first-order valence-electron chi connectivity index (χ1n) is 11.1. The number of amides is 2. The molecule has 0 saturated heterocycles. The molecule has 0 aromatic heterocycles. The number of anilines is 2. The van der Waals surface area contributed by atoms with Crippen LogP contribution in [0, 0.1) is 19.8 Å². The lowest BCUT2D eigenvalue weighted by Crippen LogP contribution is -2.47. The average molecular weight is 457 g/mol. The number of nitrogens with one attached hydrogen (secondary N) is 2. The first-order valence-corrected chi connectivity index (χ1v) is 12.6. The van der Waals surface area contributed by atoms with Gasteiger partial charge in [-0.05, 0) is 74.1 Å². The monoisotopic (exact) mass is 456 g/mol. The fourth-order valence-corrected chi connectivity index (χ4v) is 6.61. The van der Waals surface area contributed by atoms with Crippen molar-refractivity contribution in [3.05, 3.63) is 53.6 Å². The first-order chi connectivity index (χ1) is 15.0. The smallest absolute Gasteiger partial charge is 0.246 e. The molecule has 1 saturated carbocycles. The van der Waals surface area contributed by atoms with Crippen LogP contribution in [-0.2, 0) is 19.4 Å². The van der Waals surface area contributed by atoms with Gasteiger partial charge < -0.3 is 10.6 Å². The Morgan fingerprint density at radius 2 is 1.50 bits per heavy atom. The Morgan fingerprint density at radius 3 is 2.06 bits per heavy atom. The van der Waals surface area contributed by atoms with E-state index < -0.39 is 20.5 Å². The van der Waals surface area contributed by atoms with Gasteiger partial charge >= 0.3 is 0 Å². The Morgan fingerprint density at radius 1 is 0.938 bits per heavy atom. The van der Waals surface area contributed by atoms with Crippen molar-refractivity contribution in [1.82, 2.24) is 0 Å². The Bertz CT molecular complexity index is 1100. The van der Waals surface area contributed by atoms with E-state index in [9.17, 15) is 18.0 Å². The molecule has 0 spiro atoms. The minimum atomic E-state index is -3.88. The highest BCUT2D eigenvalue weighted by molar-refractivity contribution is 7.93. The maximum atomic E-state index is 13.7. The SMILES string of the molecule is Cc1ccc(C)c(S(=O)(=O)C2(C(=O)Nc3ccc(NC(=O)CC(C)C)cc3)CCCC2)c1. The summed E-state index contributed by atoms with van der Waals surface area (Å²) in [5.41, 5.74) is 2.63. The summed E-state index contributed by atoms with van der Waals surface area (Å²) in [6, 6.07) is 12.1. The molecular weight excluding hydrogens is 424 g/mol. The number of hydrogen-bond acceptors (Lipinski definition) is 4. The summed E-state index contributed by atoms with van der Waals surface area (Å²) in [6.45, 7) is 7.56. The molecule has 1 fully saturated rings. The number of aryl methyl sites for hydroxylation is 2. The number of hydrogen-bond donors (Lipinski definition) is 2. The second-order valence-electron chi connectivity index (χ2n) is 9.15. The third kappa shape index (κ3) is 4.88. The maximum Gasteiger partial charge on any atom is 0.246 e. The van der Waals surface area contributed by atoms with Crippen LogP contribution in [0.4, 0.5) is 11.4 Å². The van der Waals surface area contributed by atoms with E-state index in [4.69, 9.17) is 0 Å². The molecule has 0 bridgehead atoms. The van der Waals surface area contributed by atoms with E-state index in [-0.39, 0.29) is 16.7 Å². The van der Waals surface area contributed by atoms with E-state index >= 15 is 0 Å². The van der Waals surface area contributed by atoms with E-state index in [1.165, 1.54) is 0 Å². The average Bonchev–Trinajstić information content (AvgIpc) is 3.22. The molecule has 1 aliphatic rings. The van der Waals surface area contributed by atoms with Gasteiger partial charge in [0.25, 0.3) is 0 Å². The molecule has 32 heavy (non-hydrogen) atoms.